The van der Waals surface area contributed by atoms with Crippen molar-refractivity contribution in [2.75, 3.05) is 5.88 Å². The third kappa shape index (κ3) is 4.08. The normalized spacial score (nSPS) is 16.1. The molecule has 2 aromatic rings. The molecule has 0 radical (unpaired) electrons. The van der Waals surface area contributed by atoms with Crippen molar-refractivity contribution >= 4 is 33.5 Å². The fourth-order valence-corrected chi connectivity index (χ4v) is 5.44. The number of benzene rings is 2. The number of fused-ring (bicyclic) bond motifs is 1. The van der Waals surface area contributed by atoms with Crippen molar-refractivity contribution in [2.45, 2.75) is 55.8 Å². The van der Waals surface area contributed by atoms with E-state index in [1.54, 1.807) is 36.0 Å². The fraction of sp³-hybridized carbons (Fsp3) is 0.400. The van der Waals surface area contributed by atoms with Crippen LogP contribution in [0.15, 0.2) is 34.1 Å². The van der Waals surface area contributed by atoms with Crippen LogP contribution in [0.1, 0.15) is 35.1 Å². The van der Waals surface area contributed by atoms with Gasteiger partial charge in [-0.2, -0.15) is 8.42 Å². The Morgan fingerprint density at radius 1 is 1.07 bits per heavy atom. The molecule has 0 aromatic heterocycles. The van der Waals surface area contributed by atoms with Crippen molar-refractivity contribution in [1.29, 1.82) is 0 Å². The molecule has 1 unspecified atom stereocenters. The molecule has 27 heavy (non-hydrogen) atoms. The summed E-state index contributed by atoms with van der Waals surface area (Å²) in [6.45, 7) is 7.59. The number of hydrogen-bond acceptors (Lipinski definition) is 5. The van der Waals surface area contributed by atoms with E-state index in [0.717, 1.165) is 45.7 Å². The Hall–Kier alpha value is -1.37. The average Bonchev–Trinajstić information content (AvgIpc) is 3.07. The smallest absolute Gasteiger partial charge is 0.339 e. The maximum atomic E-state index is 12.8. The van der Waals surface area contributed by atoms with Crippen LogP contribution < -0.4 is 8.92 Å². The quantitative estimate of drug-likeness (QED) is 0.449. The van der Waals surface area contributed by atoms with Crippen molar-refractivity contribution in [3.63, 3.8) is 0 Å². The van der Waals surface area contributed by atoms with E-state index >= 15 is 0 Å². The Morgan fingerprint density at radius 2 is 1.74 bits per heavy atom. The lowest BCUT2D eigenvalue weighted by Gasteiger charge is -2.17. The van der Waals surface area contributed by atoms with Gasteiger partial charge in [0.05, 0.1) is 4.90 Å². The molecule has 1 heterocycles. The van der Waals surface area contributed by atoms with E-state index in [1.165, 1.54) is 0 Å². The van der Waals surface area contributed by atoms with Gasteiger partial charge in [-0.1, -0.05) is 29.5 Å². The molecule has 1 atom stereocenters. The Kier molecular flexibility index (Phi) is 5.99. The highest BCUT2D eigenvalue weighted by Gasteiger charge is 2.31. The lowest BCUT2D eigenvalue weighted by Crippen LogP contribution is -2.12. The Balaban J connectivity index is 1.96. The summed E-state index contributed by atoms with van der Waals surface area (Å²) in [4.78, 5) is 1.10. The predicted octanol–water partition coefficient (Wildman–Crippen LogP) is 5.52. The van der Waals surface area contributed by atoms with Crippen LogP contribution in [0, 0.1) is 27.7 Å². The van der Waals surface area contributed by atoms with Crippen LogP contribution >= 0.6 is 23.4 Å². The van der Waals surface area contributed by atoms with Crippen LogP contribution in [0.3, 0.4) is 0 Å². The van der Waals surface area contributed by atoms with E-state index in [1.807, 2.05) is 27.7 Å². The average molecular weight is 427 g/mol. The summed E-state index contributed by atoms with van der Waals surface area (Å²) in [5.41, 5.74) is 3.47. The first-order chi connectivity index (χ1) is 12.7. The maximum Gasteiger partial charge on any atom is 0.339 e. The van der Waals surface area contributed by atoms with Gasteiger partial charge in [0.15, 0.2) is 0 Å². The van der Waals surface area contributed by atoms with Gasteiger partial charge < -0.3 is 8.92 Å². The third-order valence-electron chi connectivity index (χ3n) is 4.71. The highest BCUT2D eigenvalue weighted by atomic mass is 35.5. The first kappa shape index (κ1) is 20.4. The number of rotatable bonds is 6. The van der Waals surface area contributed by atoms with Crippen molar-refractivity contribution in [1.82, 2.24) is 0 Å². The number of halogens is 1. The lowest BCUT2D eigenvalue weighted by molar-refractivity contribution is 0.280. The lowest BCUT2D eigenvalue weighted by atomic mass is 10.0. The Labute approximate surface area is 170 Å². The number of alkyl halides is 1. The first-order valence-corrected chi connectivity index (χ1v) is 11.6. The van der Waals surface area contributed by atoms with Crippen molar-refractivity contribution in [3.8, 4) is 11.5 Å². The monoisotopic (exact) mass is 426 g/mol. The minimum Gasteiger partial charge on any atom is -0.478 e. The van der Waals surface area contributed by atoms with E-state index in [9.17, 15) is 8.42 Å². The molecular formula is C20H23ClO4S2. The zero-order valence-corrected chi connectivity index (χ0v) is 18.2. The maximum absolute atomic E-state index is 12.8. The van der Waals surface area contributed by atoms with Crippen LogP contribution in [-0.4, -0.2) is 19.7 Å². The van der Waals surface area contributed by atoms with E-state index < -0.39 is 10.1 Å². The van der Waals surface area contributed by atoms with E-state index in [-0.39, 0.29) is 10.3 Å². The van der Waals surface area contributed by atoms with Crippen LogP contribution in [-0.2, 0) is 10.1 Å². The summed E-state index contributed by atoms with van der Waals surface area (Å²) < 4.78 is 37.2. The Bertz CT molecular complexity index is 953. The molecule has 0 N–H and O–H groups in total. The Morgan fingerprint density at radius 3 is 2.37 bits per heavy atom. The minimum absolute atomic E-state index is 0.000458. The SMILES string of the molecule is Cc1ccc(S(=O)(=O)Oc2c(C)c(C)c3c(c2C)SC(CCCCl)O3)cc1. The molecule has 0 bridgehead atoms. The van der Waals surface area contributed by atoms with Crippen molar-refractivity contribution in [2.24, 2.45) is 0 Å². The van der Waals surface area contributed by atoms with Gasteiger partial charge in [0.25, 0.3) is 0 Å². The molecule has 0 spiro atoms. The molecule has 2 aromatic carbocycles. The summed E-state index contributed by atoms with van der Waals surface area (Å²) in [7, 11) is -3.90. The number of aryl methyl sites for hydroxylation is 1. The molecule has 1 aliphatic rings. The zero-order valence-electron chi connectivity index (χ0n) is 15.8. The molecule has 0 aliphatic carbocycles. The second-order valence-corrected chi connectivity index (χ2v) is 9.80. The summed E-state index contributed by atoms with van der Waals surface area (Å²) in [5, 5.41) is 0. The van der Waals surface area contributed by atoms with Crippen LogP contribution in [0.2, 0.25) is 0 Å². The van der Waals surface area contributed by atoms with E-state index in [4.69, 9.17) is 20.5 Å². The summed E-state index contributed by atoms with van der Waals surface area (Å²) in [6.07, 6.45) is 1.72. The molecule has 3 rings (SSSR count). The molecule has 4 nitrogen and oxygen atoms in total. The van der Waals surface area contributed by atoms with Gasteiger partial charge in [-0.15, -0.1) is 11.6 Å². The van der Waals surface area contributed by atoms with E-state index in [0.29, 0.717) is 11.6 Å². The van der Waals surface area contributed by atoms with Gasteiger partial charge in [-0.3, -0.25) is 0 Å². The highest BCUT2D eigenvalue weighted by Crippen LogP contribution is 2.51. The zero-order chi connectivity index (χ0) is 19.8. The summed E-state index contributed by atoms with van der Waals surface area (Å²) in [6, 6.07) is 6.65. The standard InChI is InChI=1S/C20H23ClO4S2/c1-12-7-9-16(10-8-12)27(22,23)25-18-13(2)14(3)19-20(15(18)4)26-17(24-19)6-5-11-21/h7-10,17H,5-6,11H2,1-4H3. The number of thioether (sulfide) groups is 1. The van der Waals surface area contributed by atoms with Crippen molar-refractivity contribution < 1.29 is 17.3 Å². The predicted molar refractivity (Wildman–Crippen MR) is 110 cm³/mol. The number of ether oxygens (including phenoxy) is 1. The summed E-state index contributed by atoms with van der Waals surface area (Å²) >= 11 is 7.40. The third-order valence-corrected chi connectivity index (χ3v) is 7.53. The van der Waals surface area contributed by atoms with Crippen molar-refractivity contribution in [3.05, 3.63) is 46.5 Å². The molecule has 0 saturated heterocycles. The van der Waals surface area contributed by atoms with E-state index in [2.05, 4.69) is 0 Å². The second-order valence-electron chi connectivity index (χ2n) is 6.71. The van der Waals surface area contributed by atoms with Crippen LogP contribution in [0.5, 0.6) is 11.5 Å². The molecule has 0 saturated carbocycles. The van der Waals surface area contributed by atoms with Crippen LogP contribution in [0.4, 0.5) is 0 Å². The second kappa shape index (κ2) is 7.94. The summed E-state index contributed by atoms with van der Waals surface area (Å²) in [5.74, 6) is 1.81. The molecular weight excluding hydrogens is 404 g/mol. The van der Waals surface area contributed by atoms with Gasteiger partial charge in [0, 0.05) is 11.4 Å². The topological polar surface area (TPSA) is 52.6 Å². The van der Waals surface area contributed by atoms with Gasteiger partial charge in [-0.05, 0) is 63.8 Å². The minimum atomic E-state index is -3.90. The van der Waals surface area contributed by atoms with Gasteiger partial charge >= 0.3 is 10.1 Å². The molecule has 1 aliphatic heterocycles. The molecule has 0 amide bonds. The van der Waals surface area contributed by atoms with Crippen LogP contribution in [0.25, 0.3) is 0 Å². The van der Waals surface area contributed by atoms with Gasteiger partial charge in [0.1, 0.15) is 21.8 Å². The molecule has 7 heteroatoms. The number of hydrogen-bond donors (Lipinski definition) is 0. The molecule has 146 valence electrons. The largest absolute Gasteiger partial charge is 0.478 e. The van der Waals surface area contributed by atoms with Gasteiger partial charge in [-0.25, -0.2) is 0 Å². The first-order valence-electron chi connectivity index (χ1n) is 8.78. The highest BCUT2D eigenvalue weighted by molar-refractivity contribution is 8.00. The fourth-order valence-electron chi connectivity index (χ4n) is 2.99. The molecule has 0 fully saturated rings. The van der Waals surface area contributed by atoms with Gasteiger partial charge in [0.2, 0.25) is 0 Å².